The maximum Gasteiger partial charge on any atom is 0.128 e. The molecule has 1 atom stereocenters. The van der Waals surface area contributed by atoms with E-state index in [1.165, 1.54) is 12.8 Å². The second-order valence-electron chi connectivity index (χ2n) is 4.96. The van der Waals surface area contributed by atoms with Crippen molar-refractivity contribution in [3.05, 3.63) is 23.9 Å². The maximum atomic E-state index is 5.84. The van der Waals surface area contributed by atoms with E-state index in [-0.39, 0.29) is 6.04 Å². The second-order valence-corrected chi connectivity index (χ2v) is 4.96. The number of nitrogens with zero attached hydrogens (tertiary/aromatic N) is 2. The van der Waals surface area contributed by atoms with Crippen LogP contribution in [0.1, 0.15) is 52.1 Å². The fraction of sp³-hybridized carbons (Fsp3) is 0.667. The van der Waals surface area contributed by atoms with Crippen LogP contribution in [0.3, 0.4) is 0 Å². The van der Waals surface area contributed by atoms with Gasteiger partial charge in [-0.25, -0.2) is 4.98 Å². The Hall–Kier alpha value is -1.09. The molecular weight excluding hydrogens is 222 g/mol. The van der Waals surface area contributed by atoms with Crippen LogP contribution in [0, 0.1) is 5.92 Å². The van der Waals surface area contributed by atoms with Gasteiger partial charge in [0.15, 0.2) is 0 Å². The molecule has 3 heteroatoms. The third-order valence-corrected chi connectivity index (χ3v) is 3.64. The first kappa shape index (κ1) is 15.0. The number of pyridine rings is 1. The molecule has 0 radical (unpaired) electrons. The highest BCUT2D eigenvalue weighted by Crippen LogP contribution is 2.18. The fourth-order valence-corrected chi connectivity index (χ4v) is 2.10. The predicted molar refractivity (Wildman–Crippen MR) is 78.8 cm³/mol. The summed E-state index contributed by atoms with van der Waals surface area (Å²) in [4.78, 5) is 6.89. The fourth-order valence-electron chi connectivity index (χ4n) is 2.10. The summed E-state index contributed by atoms with van der Waals surface area (Å²) >= 11 is 0. The van der Waals surface area contributed by atoms with Crippen LogP contribution >= 0.6 is 0 Å². The van der Waals surface area contributed by atoms with Gasteiger partial charge in [-0.3, -0.25) is 0 Å². The maximum absolute atomic E-state index is 5.84. The van der Waals surface area contributed by atoms with E-state index < -0.39 is 0 Å². The van der Waals surface area contributed by atoms with Gasteiger partial charge in [-0.05, 0) is 31.4 Å². The average molecular weight is 249 g/mol. The van der Waals surface area contributed by atoms with Crippen LogP contribution in [0.15, 0.2) is 18.3 Å². The largest absolute Gasteiger partial charge is 0.357 e. The molecule has 2 N–H and O–H groups in total. The number of rotatable bonds is 7. The quantitative estimate of drug-likeness (QED) is 0.805. The lowest BCUT2D eigenvalue weighted by Crippen LogP contribution is -2.29. The van der Waals surface area contributed by atoms with Crippen LogP contribution in [-0.2, 0) is 0 Å². The first-order chi connectivity index (χ1) is 8.62. The third kappa shape index (κ3) is 3.98. The molecule has 0 bridgehead atoms. The van der Waals surface area contributed by atoms with Crippen molar-refractivity contribution in [1.29, 1.82) is 0 Å². The molecule has 1 aromatic rings. The lowest BCUT2D eigenvalue weighted by Gasteiger charge is -2.26. The highest BCUT2D eigenvalue weighted by molar-refractivity contribution is 5.39. The number of anilines is 1. The molecule has 102 valence electrons. The Labute approximate surface area is 111 Å². The molecular formula is C15H27N3. The number of hydrogen-bond donors (Lipinski definition) is 1. The molecule has 0 saturated carbocycles. The van der Waals surface area contributed by atoms with Crippen molar-refractivity contribution in [2.75, 3.05) is 18.0 Å². The molecule has 1 rings (SSSR count). The zero-order valence-corrected chi connectivity index (χ0v) is 12.2. The summed E-state index contributed by atoms with van der Waals surface area (Å²) < 4.78 is 0. The van der Waals surface area contributed by atoms with E-state index in [9.17, 15) is 0 Å². The highest BCUT2D eigenvalue weighted by atomic mass is 15.2. The van der Waals surface area contributed by atoms with E-state index in [2.05, 4.69) is 42.8 Å². The topological polar surface area (TPSA) is 42.1 Å². The van der Waals surface area contributed by atoms with Gasteiger partial charge in [0.1, 0.15) is 5.82 Å². The molecule has 0 aliphatic heterocycles. The van der Waals surface area contributed by atoms with Crippen LogP contribution in [0.2, 0.25) is 0 Å². The summed E-state index contributed by atoms with van der Waals surface area (Å²) in [6.07, 6.45) is 4.35. The van der Waals surface area contributed by atoms with E-state index in [4.69, 9.17) is 5.73 Å². The monoisotopic (exact) mass is 249 g/mol. The minimum absolute atomic E-state index is 0.0562. The molecule has 0 aliphatic rings. The first-order valence-corrected chi connectivity index (χ1v) is 7.08. The van der Waals surface area contributed by atoms with Gasteiger partial charge < -0.3 is 10.6 Å². The number of aromatic nitrogens is 1. The van der Waals surface area contributed by atoms with Crippen molar-refractivity contribution < 1.29 is 0 Å². The Morgan fingerprint density at radius 2 is 1.89 bits per heavy atom. The molecule has 0 spiro atoms. The molecule has 0 unspecified atom stereocenters. The summed E-state index contributed by atoms with van der Waals surface area (Å²) in [7, 11) is 0. The molecule has 0 amide bonds. The molecule has 18 heavy (non-hydrogen) atoms. The first-order valence-electron chi connectivity index (χ1n) is 7.08. The molecule has 0 aliphatic carbocycles. The van der Waals surface area contributed by atoms with E-state index >= 15 is 0 Å². The van der Waals surface area contributed by atoms with Crippen molar-refractivity contribution in [2.45, 2.75) is 46.6 Å². The summed E-state index contributed by atoms with van der Waals surface area (Å²) in [5, 5.41) is 0. The normalized spacial score (nSPS) is 12.8. The Balaban J connectivity index is 2.75. The zero-order chi connectivity index (χ0) is 13.5. The van der Waals surface area contributed by atoms with Crippen LogP contribution < -0.4 is 10.6 Å². The SMILES string of the molecule is CCC(CC)CN(CC)c1ccc([C@H](C)N)cn1. The van der Waals surface area contributed by atoms with Crippen LogP contribution in [0.5, 0.6) is 0 Å². The minimum atomic E-state index is 0.0562. The molecule has 0 fully saturated rings. The van der Waals surface area contributed by atoms with Gasteiger partial charge in [-0.15, -0.1) is 0 Å². The van der Waals surface area contributed by atoms with E-state index in [0.717, 1.165) is 30.4 Å². The van der Waals surface area contributed by atoms with Gasteiger partial charge in [0, 0.05) is 25.3 Å². The van der Waals surface area contributed by atoms with Gasteiger partial charge in [0.25, 0.3) is 0 Å². The minimum Gasteiger partial charge on any atom is -0.357 e. The Bertz CT molecular complexity index is 328. The smallest absolute Gasteiger partial charge is 0.128 e. The number of nitrogens with two attached hydrogens (primary N) is 1. The predicted octanol–water partition coefficient (Wildman–Crippen LogP) is 3.36. The average Bonchev–Trinajstić information content (AvgIpc) is 2.40. The van der Waals surface area contributed by atoms with Gasteiger partial charge >= 0.3 is 0 Å². The standard InChI is InChI=1S/C15H27N3/c1-5-13(6-2)11-18(7-3)15-9-8-14(10-17-15)12(4)16/h8-10,12-13H,5-7,11,16H2,1-4H3/t12-/m0/s1. The summed E-state index contributed by atoms with van der Waals surface area (Å²) in [6, 6.07) is 4.23. The Morgan fingerprint density at radius 1 is 1.22 bits per heavy atom. The van der Waals surface area contributed by atoms with Gasteiger partial charge in [-0.2, -0.15) is 0 Å². The molecule has 0 saturated heterocycles. The van der Waals surface area contributed by atoms with E-state index in [1.807, 2.05) is 13.1 Å². The molecule has 0 aromatic carbocycles. The van der Waals surface area contributed by atoms with Crippen molar-refractivity contribution in [1.82, 2.24) is 4.98 Å². The Kier molecular flexibility index (Phi) is 6.13. The van der Waals surface area contributed by atoms with Gasteiger partial charge in [0.2, 0.25) is 0 Å². The Morgan fingerprint density at radius 3 is 2.28 bits per heavy atom. The lowest BCUT2D eigenvalue weighted by molar-refractivity contribution is 0.484. The van der Waals surface area contributed by atoms with Crippen molar-refractivity contribution >= 4 is 5.82 Å². The summed E-state index contributed by atoms with van der Waals surface area (Å²) in [6.45, 7) is 10.8. The van der Waals surface area contributed by atoms with Gasteiger partial charge in [-0.1, -0.05) is 32.8 Å². The molecule has 3 nitrogen and oxygen atoms in total. The van der Waals surface area contributed by atoms with Crippen LogP contribution in [0.4, 0.5) is 5.82 Å². The van der Waals surface area contributed by atoms with E-state index in [0.29, 0.717) is 0 Å². The summed E-state index contributed by atoms with van der Waals surface area (Å²) in [5.41, 5.74) is 6.94. The van der Waals surface area contributed by atoms with Crippen molar-refractivity contribution in [2.24, 2.45) is 11.7 Å². The second kappa shape index (κ2) is 7.37. The third-order valence-electron chi connectivity index (χ3n) is 3.64. The van der Waals surface area contributed by atoms with Crippen LogP contribution in [0.25, 0.3) is 0 Å². The zero-order valence-electron chi connectivity index (χ0n) is 12.2. The van der Waals surface area contributed by atoms with Crippen molar-refractivity contribution in [3.63, 3.8) is 0 Å². The van der Waals surface area contributed by atoms with Crippen molar-refractivity contribution in [3.8, 4) is 0 Å². The van der Waals surface area contributed by atoms with Crippen LogP contribution in [-0.4, -0.2) is 18.1 Å². The van der Waals surface area contributed by atoms with E-state index in [1.54, 1.807) is 0 Å². The molecule has 1 heterocycles. The highest BCUT2D eigenvalue weighted by Gasteiger charge is 2.12. The lowest BCUT2D eigenvalue weighted by atomic mass is 10.0. The molecule has 1 aromatic heterocycles. The summed E-state index contributed by atoms with van der Waals surface area (Å²) in [5.74, 6) is 1.81. The number of hydrogen-bond acceptors (Lipinski definition) is 3. The van der Waals surface area contributed by atoms with Gasteiger partial charge in [0.05, 0.1) is 0 Å².